The normalized spacial score (nSPS) is 9.81. The van der Waals surface area contributed by atoms with Crippen molar-refractivity contribution in [3.8, 4) is 0 Å². The lowest BCUT2D eigenvalue weighted by molar-refractivity contribution is 0.623. The summed E-state index contributed by atoms with van der Waals surface area (Å²) in [6.45, 7) is 4.00. The Balaban J connectivity index is 0.000000606. The minimum Gasteiger partial charge on any atom is -0.384 e. The van der Waals surface area contributed by atoms with E-state index < -0.39 is 0 Å². The SMILES string of the molecule is CC.Nc1cc2ccc(F)c(Br)c2c(Br)n1. The zero-order valence-electron chi connectivity index (χ0n) is 8.89. The molecule has 0 bridgehead atoms. The van der Waals surface area contributed by atoms with Gasteiger partial charge in [-0.1, -0.05) is 19.9 Å². The predicted molar refractivity (Wildman–Crippen MR) is 72.9 cm³/mol. The summed E-state index contributed by atoms with van der Waals surface area (Å²) < 4.78 is 14.1. The summed E-state index contributed by atoms with van der Waals surface area (Å²) >= 11 is 6.42. The van der Waals surface area contributed by atoms with Gasteiger partial charge >= 0.3 is 0 Å². The van der Waals surface area contributed by atoms with E-state index in [-0.39, 0.29) is 5.82 Å². The zero-order valence-corrected chi connectivity index (χ0v) is 12.1. The molecule has 0 aliphatic rings. The number of nitrogen functional groups attached to an aromatic ring is 1. The Labute approximate surface area is 110 Å². The van der Waals surface area contributed by atoms with Crippen LogP contribution in [-0.4, -0.2) is 4.98 Å². The van der Waals surface area contributed by atoms with Gasteiger partial charge in [0.15, 0.2) is 0 Å². The van der Waals surface area contributed by atoms with Gasteiger partial charge in [-0.15, -0.1) is 0 Å². The molecule has 0 amide bonds. The fourth-order valence-corrected chi connectivity index (χ4v) is 2.70. The van der Waals surface area contributed by atoms with Gasteiger partial charge < -0.3 is 5.73 Å². The van der Waals surface area contributed by atoms with Crippen LogP contribution in [0.3, 0.4) is 0 Å². The second kappa shape index (κ2) is 5.59. The molecule has 1 aromatic heterocycles. The molecule has 2 rings (SSSR count). The van der Waals surface area contributed by atoms with Gasteiger partial charge in [0.05, 0.1) is 4.47 Å². The minimum absolute atomic E-state index is 0.315. The molecule has 0 fully saturated rings. The molecule has 2 N–H and O–H groups in total. The maximum atomic E-state index is 13.2. The number of aromatic nitrogens is 1. The number of rotatable bonds is 0. The molecule has 2 aromatic rings. The van der Waals surface area contributed by atoms with Crippen LogP contribution in [0.15, 0.2) is 27.3 Å². The van der Waals surface area contributed by atoms with Crippen molar-refractivity contribution in [1.29, 1.82) is 0 Å². The lowest BCUT2D eigenvalue weighted by Gasteiger charge is -2.04. The van der Waals surface area contributed by atoms with E-state index in [2.05, 4.69) is 36.8 Å². The molecule has 0 aliphatic heterocycles. The van der Waals surface area contributed by atoms with E-state index >= 15 is 0 Å². The maximum Gasteiger partial charge on any atom is 0.138 e. The van der Waals surface area contributed by atoms with E-state index in [1.807, 2.05) is 13.8 Å². The third kappa shape index (κ3) is 2.52. The van der Waals surface area contributed by atoms with Crippen molar-refractivity contribution < 1.29 is 4.39 Å². The zero-order chi connectivity index (χ0) is 12.3. The van der Waals surface area contributed by atoms with Crippen molar-refractivity contribution in [2.75, 3.05) is 5.73 Å². The van der Waals surface area contributed by atoms with Crippen LogP contribution in [0.25, 0.3) is 10.8 Å². The molecule has 16 heavy (non-hydrogen) atoms. The van der Waals surface area contributed by atoms with Crippen LogP contribution in [0.4, 0.5) is 10.2 Å². The Morgan fingerprint density at radius 3 is 2.50 bits per heavy atom. The Hall–Kier alpha value is -0.680. The molecule has 0 saturated carbocycles. The van der Waals surface area contributed by atoms with Gasteiger partial charge in [-0.25, -0.2) is 9.37 Å². The van der Waals surface area contributed by atoms with E-state index in [9.17, 15) is 4.39 Å². The highest BCUT2D eigenvalue weighted by Crippen LogP contribution is 2.32. The summed E-state index contributed by atoms with van der Waals surface area (Å²) in [4.78, 5) is 4.00. The molecule has 2 nitrogen and oxygen atoms in total. The van der Waals surface area contributed by atoms with E-state index in [1.54, 1.807) is 12.1 Å². The number of nitrogens with two attached hydrogens (primary N) is 1. The molecule has 1 aromatic carbocycles. The molecule has 5 heteroatoms. The lowest BCUT2D eigenvalue weighted by Crippen LogP contribution is -1.92. The van der Waals surface area contributed by atoms with Crippen LogP contribution in [-0.2, 0) is 0 Å². The highest BCUT2D eigenvalue weighted by atomic mass is 79.9. The predicted octanol–water partition coefficient (Wildman–Crippen LogP) is 4.51. The Bertz CT molecular complexity index is 515. The standard InChI is InChI=1S/C9H5Br2FN2.C2H6/c10-8-5(12)2-1-4-3-6(13)14-9(11)7(4)8;1-2/h1-3H,(H2,13,14);1-2H3. The molecule has 86 valence electrons. The van der Waals surface area contributed by atoms with Crippen molar-refractivity contribution in [2.24, 2.45) is 0 Å². The van der Waals surface area contributed by atoms with Gasteiger partial charge in [-0.3, -0.25) is 0 Å². The van der Waals surface area contributed by atoms with E-state index in [4.69, 9.17) is 5.73 Å². The molecule has 0 saturated heterocycles. The third-order valence-corrected chi connectivity index (χ3v) is 3.21. The van der Waals surface area contributed by atoms with Gasteiger partial charge in [-0.2, -0.15) is 0 Å². The van der Waals surface area contributed by atoms with Crippen LogP contribution in [0, 0.1) is 5.82 Å². The number of nitrogens with zero attached hydrogens (tertiary/aromatic N) is 1. The van der Waals surface area contributed by atoms with Crippen molar-refractivity contribution in [3.63, 3.8) is 0 Å². The second-order valence-corrected chi connectivity index (χ2v) is 4.34. The Morgan fingerprint density at radius 1 is 1.25 bits per heavy atom. The van der Waals surface area contributed by atoms with Gasteiger partial charge in [0.25, 0.3) is 0 Å². The van der Waals surface area contributed by atoms with Crippen molar-refractivity contribution in [3.05, 3.63) is 33.1 Å². The summed E-state index contributed by atoms with van der Waals surface area (Å²) in [7, 11) is 0. The molecular weight excluding hydrogens is 339 g/mol. The van der Waals surface area contributed by atoms with E-state index in [0.717, 1.165) is 5.39 Å². The first-order valence-electron chi connectivity index (χ1n) is 4.79. The highest BCUT2D eigenvalue weighted by molar-refractivity contribution is 9.11. The number of halogens is 3. The number of anilines is 1. The summed E-state index contributed by atoms with van der Waals surface area (Å²) in [6.07, 6.45) is 0. The minimum atomic E-state index is -0.315. The molecule has 0 unspecified atom stereocenters. The summed E-state index contributed by atoms with van der Waals surface area (Å²) in [5.74, 6) is 0.0904. The number of fused-ring (bicyclic) bond motifs is 1. The second-order valence-electron chi connectivity index (χ2n) is 2.80. The monoisotopic (exact) mass is 348 g/mol. The molecule has 0 atom stereocenters. The number of pyridine rings is 1. The topological polar surface area (TPSA) is 38.9 Å². The number of hydrogen-bond donors (Lipinski definition) is 1. The Kier molecular flexibility index (Phi) is 4.68. The van der Waals surface area contributed by atoms with Gasteiger partial charge in [0.2, 0.25) is 0 Å². The fraction of sp³-hybridized carbons (Fsp3) is 0.182. The first-order valence-corrected chi connectivity index (χ1v) is 6.38. The quantitative estimate of drug-likeness (QED) is 0.711. The molecule has 0 spiro atoms. The van der Waals surface area contributed by atoms with Crippen LogP contribution >= 0.6 is 31.9 Å². The molecule has 1 heterocycles. The lowest BCUT2D eigenvalue weighted by atomic mass is 10.2. The fourth-order valence-electron chi connectivity index (χ4n) is 1.26. The van der Waals surface area contributed by atoms with Crippen molar-refractivity contribution in [1.82, 2.24) is 4.98 Å². The number of benzene rings is 1. The smallest absolute Gasteiger partial charge is 0.138 e. The Morgan fingerprint density at radius 2 is 1.88 bits per heavy atom. The summed E-state index contributed by atoms with van der Waals surface area (Å²) in [5.41, 5.74) is 5.56. The van der Waals surface area contributed by atoms with Crippen LogP contribution in [0.2, 0.25) is 0 Å². The highest BCUT2D eigenvalue weighted by Gasteiger charge is 2.09. The largest absolute Gasteiger partial charge is 0.384 e. The number of hydrogen-bond acceptors (Lipinski definition) is 2. The van der Waals surface area contributed by atoms with Crippen LogP contribution < -0.4 is 5.73 Å². The molecular formula is C11H11Br2FN2. The van der Waals surface area contributed by atoms with Gasteiger partial charge in [-0.05, 0) is 49.4 Å². The molecule has 0 radical (unpaired) electrons. The maximum absolute atomic E-state index is 13.2. The average molecular weight is 350 g/mol. The summed E-state index contributed by atoms with van der Waals surface area (Å²) in [6, 6.07) is 4.75. The molecule has 0 aliphatic carbocycles. The van der Waals surface area contributed by atoms with Crippen molar-refractivity contribution >= 4 is 48.5 Å². The van der Waals surface area contributed by atoms with Crippen molar-refractivity contribution in [2.45, 2.75) is 13.8 Å². The summed E-state index contributed by atoms with van der Waals surface area (Å²) in [5, 5.41) is 1.54. The third-order valence-electron chi connectivity index (χ3n) is 1.86. The van der Waals surface area contributed by atoms with Crippen LogP contribution in [0.1, 0.15) is 13.8 Å². The average Bonchev–Trinajstić information content (AvgIpc) is 2.26. The van der Waals surface area contributed by atoms with Gasteiger partial charge in [0, 0.05) is 5.39 Å². The van der Waals surface area contributed by atoms with E-state index in [0.29, 0.717) is 20.3 Å². The first kappa shape index (κ1) is 13.4. The van der Waals surface area contributed by atoms with Crippen LogP contribution in [0.5, 0.6) is 0 Å². The van der Waals surface area contributed by atoms with Gasteiger partial charge in [0.1, 0.15) is 16.2 Å². The van der Waals surface area contributed by atoms with E-state index in [1.165, 1.54) is 6.07 Å². The first-order chi connectivity index (χ1) is 7.59.